The van der Waals surface area contributed by atoms with Gasteiger partial charge in [0.05, 0.1) is 5.69 Å². The molecule has 13 heteroatoms. The second-order valence-electron chi connectivity index (χ2n) is 9.31. The lowest BCUT2D eigenvalue weighted by atomic mass is 10.1. The molecule has 0 spiro atoms. The number of rotatable bonds is 6. The Kier molecular flexibility index (Phi) is 6.31. The maximum Gasteiger partial charge on any atom is 0.697 e. The summed E-state index contributed by atoms with van der Waals surface area (Å²) in [4.78, 5) is 26.3. The van der Waals surface area contributed by atoms with Crippen molar-refractivity contribution in [2.45, 2.75) is 36.1 Å². The molecular formula is C26H23N5O6PS+. The molecule has 5 atom stereocenters. The number of thioether (sulfide) groups is 1. The van der Waals surface area contributed by atoms with E-state index in [1.54, 1.807) is 10.8 Å². The zero-order valence-corrected chi connectivity index (χ0v) is 22.1. The largest absolute Gasteiger partial charge is 0.697 e. The molecule has 2 N–H and O–H groups in total. The van der Waals surface area contributed by atoms with Gasteiger partial charge in [-0.2, -0.15) is 4.98 Å². The molecule has 2 unspecified atom stereocenters. The number of imidazole rings is 2. The van der Waals surface area contributed by atoms with Crippen LogP contribution in [0.3, 0.4) is 0 Å². The van der Waals surface area contributed by atoms with Crippen molar-refractivity contribution in [3.63, 3.8) is 0 Å². The summed E-state index contributed by atoms with van der Waals surface area (Å²) in [7, 11) is -2.35. The van der Waals surface area contributed by atoms with Crippen LogP contribution in [0.25, 0.3) is 28.2 Å². The van der Waals surface area contributed by atoms with Gasteiger partial charge in [0.2, 0.25) is 5.78 Å². The van der Waals surface area contributed by atoms with Crippen LogP contribution in [-0.2, 0) is 24.8 Å². The van der Waals surface area contributed by atoms with Gasteiger partial charge in [0.25, 0.3) is 5.56 Å². The average Bonchev–Trinajstić information content (AvgIpc) is 3.64. The van der Waals surface area contributed by atoms with E-state index in [0.29, 0.717) is 16.7 Å². The van der Waals surface area contributed by atoms with E-state index in [-0.39, 0.29) is 23.3 Å². The number of hydrogen-bond donors (Lipinski definition) is 2. The zero-order valence-electron chi connectivity index (χ0n) is 20.4. The molecule has 0 aliphatic carbocycles. The Morgan fingerprint density at radius 1 is 1.10 bits per heavy atom. The number of fused-ring (bicyclic) bond motifs is 3. The number of aromatic nitrogens is 5. The molecule has 0 amide bonds. The molecule has 0 radical (unpaired) electrons. The van der Waals surface area contributed by atoms with Gasteiger partial charge in [0, 0.05) is 16.5 Å². The van der Waals surface area contributed by atoms with Gasteiger partial charge in [-0.1, -0.05) is 72.4 Å². The molecule has 7 rings (SSSR count). The molecule has 198 valence electrons. The van der Waals surface area contributed by atoms with Crippen LogP contribution < -0.4 is 5.56 Å². The van der Waals surface area contributed by atoms with E-state index in [1.165, 1.54) is 21.7 Å². The topological polar surface area (TPSA) is 133 Å². The number of ether oxygens (including phenoxy) is 1. The first kappa shape index (κ1) is 24.6. The van der Waals surface area contributed by atoms with E-state index < -0.39 is 32.8 Å². The highest BCUT2D eigenvalue weighted by molar-refractivity contribution is 7.99. The van der Waals surface area contributed by atoms with E-state index in [0.717, 1.165) is 17.7 Å². The van der Waals surface area contributed by atoms with Crippen molar-refractivity contribution in [2.75, 3.05) is 12.4 Å². The summed E-state index contributed by atoms with van der Waals surface area (Å²) in [6, 6.07) is 19.7. The minimum absolute atomic E-state index is 0.0218. The number of nitrogens with one attached hydrogen (secondary N) is 1. The van der Waals surface area contributed by atoms with Crippen molar-refractivity contribution in [1.82, 2.24) is 23.9 Å². The number of aryl methyl sites for hydroxylation is 1. The third-order valence-corrected chi connectivity index (χ3v) is 8.61. The van der Waals surface area contributed by atoms with Crippen molar-refractivity contribution in [2.24, 2.45) is 0 Å². The second kappa shape index (κ2) is 9.98. The number of nitrogens with zero attached hydrogens (tertiary/aromatic N) is 4. The Balaban J connectivity index is 1.32. The maximum absolute atomic E-state index is 13.6. The van der Waals surface area contributed by atoms with Gasteiger partial charge in [-0.25, -0.2) is 9.38 Å². The molecule has 2 aliphatic rings. The molecule has 0 saturated carbocycles. The maximum atomic E-state index is 13.6. The van der Waals surface area contributed by atoms with Crippen LogP contribution in [-0.4, -0.2) is 59.7 Å². The van der Waals surface area contributed by atoms with Gasteiger partial charge < -0.3 is 14.8 Å². The molecule has 2 aliphatic heterocycles. The smallest absolute Gasteiger partial charge is 0.385 e. The highest BCUT2D eigenvalue weighted by atomic mass is 32.2. The Labute approximate surface area is 226 Å². The van der Waals surface area contributed by atoms with Crippen molar-refractivity contribution in [1.29, 1.82) is 0 Å². The lowest BCUT2D eigenvalue weighted by Gasteiger charge is -2.18. The van der Waals surface area contributed by atoms with Crippen LogP contribution in [0.1, 0.15) is 11.8 Å². The van der Waals surface area contributed by atoms with Gasteiger partial charge in [0.15, 0.2) is 28.7 Å². The quantitative estimate of drug-likeness (QED) is 0.234. The molecule has 39 heavy (non-hydrogen) atoms. The van der Waals surface area contributed by atoms with Gasteiger partial charge in [-0.15, -0.1) is 9.05 Å². The second-order valence-corrected chi connectivity index (χ2v) is 11.3. The molecular weight excluding hydrogens is 541 g/mol. The molecule has 11 nitrogen and oxygen atoms in total. The van der Waals surface area contributed by atoms with E-state index in [9.17, 15) is 14.5 Å². The SMILES string of the molecule is O=c1c2nc(SCCc3ccccc3)n([C@@H]3OC4CO[P+](=O)O[C@H]4[C@@H]3O)c2nc2[nH]c(-c3ccccc3)cn12. The molecule has 3 aromatic heterocycles. The summed E-state index contributed by atoms with van der Waals surface area (Å²) in [6.45, 7) is 0.0218. The van der Waals surface area contributed by atoms with E-state index in [4.69, 9.17) is 18.8 Å². The van der Waals surface area contributed by atoms with Crippen molar-refractivity contribution < 1.29 is 23.5 Å². The number of benzene rings is 2. The van der Waals surface area contributed by atoms with Gasteiger partial charge in [0.1, 0.15) is 18.8 Å². The summed E-state index contributed by atoms with van der Waals surface area (Å²) < 4.78 is 31.6. The van der Waals surface area contributed by atoms with E-state index in [1.807, 2.05) is 48.5 Å². The monoisotopic (exact) mass is 564 g/mol. The minimum atomic E-state index is -2.35. The average molecular weight is 565 g/mol. The van der Waals surface area contributed by atoms with E-state index >= 15 is 0 Å². The van der Waals surface area contributed by atoms with Crippen LogP contribution in [0, 0.1) is 0 Å². The van der Waals surface area contributed by atoms with Crippen LogP contribution in [0.15, 0.2) is 76.8 Å². The molecule has 2 saturated heterocycles. The van der Waals surface area contributed by atoms with Crippen molar-refractivity contribution in [3.8, 4) is 11.3 Å². The lowest BCUT2D eigenvalue weighted by molar-refractivity contribution is -0.0583. The van der Waals surface area contributed by atoms with E-state index in [2.05, 4.69) is 22.1 Å². The summed E-state index contributed by atoms with van der Waals surface area (Å²) >= 11 is 1.44. The standard InChI is InChI=1S/C26H22N5O6PS/c32-20-21-18(14-35-38(34)37-21)36-24(20)31-22-19(28-26(31)39-12-11-15-7-3-1-4-8-15)23(33)30-13-17(27-25(30)29-22)16-9-5-2-6-10-16/h1-10,13,18,20-21,24,32H,11-12,14H2/p+1/t18?,20-,21+,24+/m0/s1. The Morgan fingerprint density at radius 2 is 1.87 bits per heavy atom. The predicted molar refractivity (Wildman–Crippen MR) is 144 cm³/mol. The third-order valence-electron chi connectivity index (χ3n) is 6.88. The first-order valence-corrected chi connectivity index (χ1v) is 14.5. The lowest BCUT2D eigenvalue weighted by Crippen LogP contribution is -2.37. The van der Waals surface area contributed by atoms with Crippen molar-refractivity contribution >= 4 is 37.0 Å². The van der Waals surface area contributed by atoms with Crippen LogP contribution in [0.2, 0.25) is 0 Å². The third kappa shape index (κ3) is 4.39. The van der Waals surface area contributed by atoms with Crippen LogP contribution in [0.4, 0.5) is 0 Å². The van der Waals surface area contributed by atoms with Crippen molar-refractivity contribution in [3.05, 3.63) is 82.8 Å². The Morgan fingerprint density at radius 3 is 2.67 bits per heavy atom. The van der Waals surface area contributed by atoms with Crippen LogP contribution >= 0.6 is 20.0 Å². The van der Waals surface area contributed by atoms with Crippen LogP contribution in [0.5, 0.6) is 0 Å². The molecule has 5 aromatic rings. The molecule has 0 bridgehead atoms. The minimum Gasteiger partial charge on any atom is -0.385 e. The number of H-pyrrole nitrogens is 1. The van der Waals surface area contributed by atoms with Gasteiger partial charge in [-0.05, 0) is 17.5 Å². The highest BCUT2D eigenvalue weighted by Crippen LogP contribution is 2.44. The summed E-state index contributed by atoms with van der Waals surface area (Å²) in [6.07, 6.45) is -1.12. The fraction of sp³-hybridized carbons (Fsp3) is 0.269. The highest BCUT2D eigenvalue weighted by Gasteiger charge is 2.55. The van der Waals surface area contributed by atoms with Gasteiger partial charge >= 0.3 is 8.25 Å². The predicted octanol–water partition coefficient (Wildman–Crippen LogP) is 3.71. The molecule has 2 fully saturated rings. The van der Waals surface area contributed by atoms with Gasteiger partial charge in [-0.3, -0.25) is 9.36 Å². The summed E-state index contributed by atoms with van der Waals surface area (Å²) in [5.41, 5.74) is 2.90. The number of aliphatic hydroxyl groups excluding tert-OH is 1. The summed E-state index contributed by atoms with van der Waals surface area (Å²) in [5.74, 6) is 1.01. The first-order chi connectivity index (χ1) is 19.1. The molecule has 2 aromatic carbocycles. The Hall–Kier alpha value is -3.38. The summed E-state index contributed by atoms with van der Waals surface area (Å²) in [5, 5.41) is 11.7. The Bertz CT molecular complexity index is 1740. The number of hydrogen-bond acceptors (Lipinski definition) is 9. The normalized spacial score (nSPS) is 24.0. The fourth-order valence-corrected chi connectivity index (χ4v) is 6.76. The number of aliphatic hydroxyl groups is 1. The number of aromatic amines is 1. The first-order valence-electron chi connectivity index (χ1n) is 12.4. The molecule has 5 heterocycles. The fourth-order valence-electron chi connectivity index (χ4n) is 4.97. The zero-order chi connectivity index (χ0) is 26.5.